The van der Waals surface area contributed by atoms with E-state index in [0.717, 1.165) is 33.2 Å². The zero-order valence-corrected chi connectivity index (χ0v) is 21.7. The average Bonchev–Trinajstić information content (AvgIpc) is 3.31. The fraction of sp³-hybridized carbons (Fsp3) is 0.267. The van der Waals surface area contributed by atoms with Crippen LogP contribution in [0.5, 0.6) is 11.5 Å². The van der Waals surface area contributed by atoms with Crippen LogP contribution < -0.4 is 20.1 Å². The molecule has 0 aliphatic rings. The highest BCUT2D eigenvalue weighted by atomic mass is 16.5. The monoisotopic (exact) mass is 499 g/mol. The number of ether oxygens (including phenoxy) is 2. The van der Waals surface area contributed by atoms with Gasteiger partial charge in [0.25, 0.3) is 5.91 Å². The van der Waals surface area contributed by atoms with Crippen LogP contribution in [0.15, 0.2) is 66.9 Å². The lowest BCUT2D eigenvalue weighted by atomic mass is 9.90. The summed E-state index contributed by atoms with van der Waals surface area (Å²) in [7, 11) is 1.61. The van der Waals surface area contributed by atoms with Gasteiger partial charge in [0, 0.05) is 35.1 Å². The second kappa shape index (κ2) is 11.6. The van der Waals surface area contributed by atoms with Crippen molar-refractivity contribution in [2.45, 2.75) is 26.7 Å². The molecule has 0 aliphatic carbocycles. The molecule has 7 nitrogen and oxygen atoms in total. The molecule has 4 rings (SSSR count). The zero-order valence-electron chi connectivity index (χ0n) is 21.7. The molecule has 0 fully saturated rings. The third-order valence-electron chi connectivity index (χ3n) is 6.28. The molecule has 0 spiro atoms. The largest absolute Gasteiger partial charge is 0.493 e. The lowest BCUT2D eigenvalue weighted by Gasteiger charge is -2.20. The van der Waals surface area contributed by atoms with E-state index in [1.54, 1.807) is 7.11 Å². The first kappa shape index (κ1) is 25.8. The van der Waals surface area contributed by atoms with Crippen LogP contribution in [0.25, 0.3) is 10.9 Å². The van der Waals surface area contributed by atoms with Crippen molar-refractivity contribution < 1.29 is 19.1 Å². The summed E-state index contributed by atoms with van der Waals surface area (Å²) >= 11 is 0. The summed E-state index contributed by atoms with van der Waals surface area (Å²) in [6.07, 6.45) is 1.98. The van der Waals surface area contributed by atoms with E-state index in [1.165, 1.54) is 0 Å². The van der Waals surface area contributed by atoms with Gasteiger partial charge in [-0.05, 0) is 62.2 Å². The number of fused-ring (bicyclic) bond motifs is 1. The van der Waals surface area contributed by atoms with Crippen LogP contribution in [0, 0.1) is 13.8 Å². The lowest BCUT2D eigenvalue weighted by molar-refractivity contribution is -0.120. The average molecular weight is 500 g/mol. The van der Waals surface area contributed by atoms with Gasteiger partial charge in [0.15, 0.2) is 11.5 Å². The van der Waals surface area contributed by atoms with Crippen molar-refractivity contribution in [3.8, 4) is 11.5 Å². The number of carbonyl (C=O) groups is 2. The summed E-state index contributed by atoms with van der Waals surface area (Å²) in [5.74, 6) is 0.618. The van der Waals surface area contributed by atoms with Gasteiger partial charge in [-0.3, -0.25) is 9.59 Å². The second-order valence-corrected chi connectivity index (χ2v) is 9.05. The number of hydrogen-bond acceptors (Lipinski definition) is 4. The van der Waals surface area contributed by atoms with Gasteiger partial charge >= 0.3 is 0 Å². The van der Waals surface area contributed by atoms with Crippen LogP contribution in [0.4, 0.5) is 0 Å². The van der Waals surface area contributed by atoms with Gasteiger partial charge in [0.1, 0.15) is 0 Å². The Balaban J connectivity index is 1.52. The Kier molecular flexibility index (Phi) is 8.13. The van der Waals surface area contributed by atoms with E-state index in [0.29, 0.717) is 30.2 Å². The molecule has 0 radical (unpaired) electrons. The SMILES string of the molecule is CCOc1ccc([C@H](CNC(=O)CNC(=O)c2cc(C)cc(C)c2)c2c[nH]c3ccccc23)cc1OC. The molecule has 4 aromatic rings. The third-order valence-corrected chi connectivity index (χ3v) is 6.28. The van der Waals surface area contributed by atoms with Crippen LogP contribution in [-0.4, -0.2) is 43.6 Å². The highest BCUT2D eigenvalue weighted by Crippen LogP contribution is 2.35. The van der Waals surface area contributed by atoms with Crippen molar-refractivity contribution in [1.29, 1.82) is 0 Å². The number of aromatic amines is 1. The molecule has 3 N–H and O–H groups in total. The predicted octanol–water partition coefficient (Wildman–Crippen LogP) is 4.87. The molecular formula is C30H33N3O4. The number of rotatable bonds is 10. The highest BCUT2D eigenvalue weighted by Gasteiger charge is 2.21. The maximum absolute atomic E-state index is 12.8. The molecule has 2 amide bonds. The molecule has 0 saturated heterocycles. The van der Waals surface area contributed by atoms with Crippen LogP contribution >= 0.6 is 0 Å². The zero-order chi connectivity index (χ0) is 26.4. The fourth-order valence-corrected chi connectivity index (χ4v) is 4.61. The van der Waals surface area contributed by atoms with E-state index >= 15 is 0 Å². The minimum absolute atomic E-state index is 0.112. The van der Waals surface area contributed by atoms with E-state index in [9.17, 15) is 9.59 Å². The van der Waals surface area contributed by atoms with Crippen molar-refractivity contribution in [1.82, 2.24) is 15.6 Å². The van der Waals surface area contributed by atoms with Crippen molar-refractivity contribution in [2.75, 3.05) is 26.8 Å². The number of carbonyl (C=O) groups excluding carboxylic acids is 2. The summed E-state index contributed by atoms with van der Waals surface area (Å²) in [4.78, 5) is 28.7. The second-order valence-electron chi connectivity index (χ2n) is 9.05. The van der Waals surface area contributed by atoms with E-state index in [4.69, 9.17) is 9.47 Å². The highest BCUT2D eigenvalue weighted by molar-refractivity contribution is 5.96. The molecule has 0 saturated carbocycles. The number of hydrogen-bond donors (Lipinski definition) is 3. The van der Waals surface area contributed by atoms with Gasteiger partial charge in [-0.25, -0.2) is 0 Å². The van der Waals surface area contributed by atoms with Gasteiger partial charge in [-0.2, -0.15) is 0 Å². The summed E-state index contributed by atoms with van der Waals surface area (Å²) < 4.78 is 11.3. The summed E-state index contributed by atoms with van der Waals surface area (Å²) in [6, 6.07) is 19.5. The molecule has 37 heavy (non-hydrogen) atoms. The summed E-state index contributed by atoms with van der Waals surface area (Å²) in [5.41, 5.74) is 5.60. The molecular weight excluding hydrogens is 466 g/mol. The molecule has 192 valence electrons. The summed E-state index contributed by atoms with van der Waals surface area (Å²) in [6.45, 7) is 6.58. The minimum Gasteiger partial charge on any atom is -0.493 e. The van der Waals surface area contributed by atoms with Gasteiger partial charge < -0.3 is 25.1 Å². The van der Waals surface area contributed by atoms with Gasteiger partial charge in [-0.1, -0.05) is 41.5 Å². The number of aromatic nitrogens is 1. The molecule has 7 heteroatoms. The van der Waals surface area contributed by atoms with E-state index in [-0.39, 0.29) is 24.3 Å². The first-order valence-electron chi connectivity index (χ1n) is 12.4. The van der Waals surface area contributed by atoms with Gasteiger partial charge in [0.2, 0.25) is 5.91 Å². The van der Waals surface area contributed by atoms with Crippen molar-refractivity contribution >= 4 is 22.7 Å². The number of nitrogens with one attached hydrogen (secondary N) is 3. The maximum Gasteiger partial charge on any atom is 0.251 e. The Morgan fingerprint density at radius 3 is 2.43 bits per heavy atom. The summed E-state index contributed by atoms with van der Waals surface area (Å²) in [5, 5.41) is 6.81. The Morgan fingerprint density at radius 2 is 1.70 bits per heavy atom. The molecule has 0 unspecified atom stereocenters. The smallest absolute Gasteiger partial charge is 0.251 e. The standard InChI is InChI=1S/C30H33N3O4/c1-5-37-27-11-10-21(15-28(27)36-4)24(25-17-31-26-9-7-6-8-23(25)26)16-32-29(34)18-33-30(35)22-13-19(2)12-20(3)14-22/h6-15,17,24,31H,5,16,18H2,1-4H3,(H,32,34)(H,33,35)/t24-/m0/s1. The fourth-order valence-electron chi connectivity index (χ4n) is 4.61. The van der Waals surface area contributed by atoms with E-state index in [2.05, 4.69) is 21.7 Å². The van der Waals surface area contributed by atoms with Crippen molar-refractivity contribution in [3.63, 3.8) is 0 Å². The Bertz CT molecular complexity index is 1390. The predicted molar refractivity (Wildman–Crippen MR) is 146 cm³/mol. The number of methoxy groups -OCH3 is 1. The third kappa shape index (κ3) is 6.12. The first-order valence-corrected chi connectivity index (χ1v) is 12.4. The van der Waals surface area contributed by atoms with Crippen LogP contribution in [0.3, 0.4) is 0 Å². The number of para-hydroxylation sites is 1. The number of H-pyrrole nitrogens is 1. The normalized spacial score (nSPS) is 11.7. The number of amides is 2. The molecule has 1 atom stereocenters. The molecule has 0 bridgehead atoms. The number of aryl methyl sites for hydroxylation is 2. The van der Waals surface area contributed by atoms with Gasteiger partial charge in [0.05, 0.1) is 20.3 Å². The van der Waals surface area contributed by atoms with Crippen molar-refractivity contribution in [2.24, 2.45) is 0 Å². The minimum atomic E-state index is -0.272. The quantitative estimate of drug-likeness (QED) is 0.290. The molecule has 0 aliphatic heterocycles. The van der Waals surface area contributed by atoms with E-state index in [1.807, 2.05) is 81.6 Å². The number of benzene rings is 3. The van der Waals surface area contributed by atoms with Crippen molar-refractivity contribution in [3.05, 3.63) is 94.7 Å². The van der Waals surface area contributed by atoms with Crippen LogP contribution in [0.1, 0.15) is 45.5 Å². The Labute approximate surface area is 217 Å². The molecule has 3 aromatic carbocycles. The molecule has 1 heterocycles. The van der Waals surface area contributed by atoms with Crippen LogP contribution in [0.2, 0.25) is 0 Å². The maximum atomic E-state index is 12.8. The lowest BCUT2D eigenvalue weighted by Crippen LogP contribution is -2.38. The molecule has 1 aromatic heterocycles. The first-order chi connectivity index (χ1) is 17.9. The van der Waals surface area contributed by atoms with E-state index < -0.39 is 0 Å². The topological polar surface area (TPSA) is 92.5 Å². The van der Waals surface area contributed by atoms with Gasteiger partial charge in [-0.15, -0.1) is 0 Å². The van der Waals surface area contributed by atoms with Crippen LogP contribution in [-0.2, 0) is 4.79 Å². The Morgan fingerprint density at radius 1 is 0.946 bits per heavy atom. The Hall–Kier alpha value is -4.26.